The van der Waals surface area contributed by atoms with Crippen LogP contribution in [-0.4, -0.2) is 109 Å². The first kappa shape index (κ1) is 32.1. The zero-order valence-electron chi connectivity index (χ0n) is 24.0. The van der Waals surface area contributed by atoms with Crippen molar-refractivity contribution in [1.29, 1.82) is 0 Å². The van der Waals surface area contributed by atoms with E-state index in [-0.39, 0.29) is 24.1 Å². The van der Waals surface area contributed by atoms with Crippen molar-refractivity contribution in [2.75, 3.05) is 43.2 Å². The molecule has 23 heteroatoms. The number of nitrogens with two attached hydrogens (primary N) is 2. The molecule has 4 aliphatic heterocycles. The molecular formula is C23H32N8O12P2S. The van der Waals surface area contributed by atoms with Gasteiger partial charge in [-0.15, -0.1) is 0 Å². The SMILES string of the molecule is CO[PH]1(S)OCC2OC(n3ccc4c(N)ncnc43)C(O)C2OP(=O)(O)OCC2OC(N3CCc4c3nc(N)[nH]c4=O)C(O1)C2O. The Hall–Kier alpha value is -2.49. The van der Waals surface area contributed by atoms with Crippen LogP contribution in [-0.2, 0) is 43.1 Å². The number of aliphatic hydroxyl groups excluding tert-OH is 2. The fourth-order valence-corrected chi connectivity index (χ4v) is 8.86. The van der Waals surface area contributed by atoms with Gasteiger partial charge in [-0.25, -0.2) is 0 Å². The maximum absolute atomic E-state index is 13.2. The number of hydrogen-bond acceptors (Lipinski definition) is 18. The number of thiol groups is 1. The summed E-state index contributed by atoms with van der Waals surface area (Å²) < 4.78 is 55.4. The van der Waals surface area contributed by atoms with Crippen LogP contribution < -0.4 is 21.9 Å². The van der Waals surface area contributed by atoms with Gasteiger partial charge in [-0.1, -0.05) is 0 Å². The van der Waals surface area contributed by atoms with Crippen molar-refractivity contribution in [3.8, 4) is 0 Å². The first-order chi connectivity index (χ1) is 21.9. The number of hydrogen-bond donors (Lipinski definition) is 7. The van der Waals surface area contributed by atoms with Gasteiger partial charge in [-0.2, -0.15) is 0 Å². The van der Waals surface area contributed by atoms with Gasteiger partial charge in [0, 0.05) is 0 Å². The molecule has 20 nitrogen and oxygen atoms in total. The molecule has 252 valence electrons. The molecule has 3 saturated heterocycles. The van der Waals surface area contributed by atoms with Gasteiger partial charge in [0.15, 0.2) is 0 Å². The number of aromatic nitrogens is 5. The minimum absolute atomic E-state index is 0.124. The molecule has 2 bridgehead atoms. The van der Waals surface area contributed by atoms with Crippen LogP contribution in [0, 0.1) is 0 Å². The van der Waals surface area contributed by atoms with Gasteiger partial charge in [-0.05, 0) is 0 Å². The number of aromatic amines is 1. The van der Waals surface area contributed by atoms with Gasteiger partial charge < -0.3 is 0 Å². The van der Waals surface area contributed by atoms with E-state index in [2.05, 4.69) is 32.2 Å². The number of phosphoric acid groups is 1. The Bertz CT molecular complexity index is 1750. The molecule has 46 heavy (non-hydrogen) atoms. The number of fused-ring (bicyclic) bond motifs is 5. The number of nitrogen functional groups attached to an aromatic ring is 2. The number of anilines is 3. The van der Waals surface area contributed by atoms with Crippen LogP contribution in [0.1, 0.15) is 11.8 Å². The quantitative estimate of drug-likeness (QED) is 0.127. The third kappa shape index (κ3) is 5.58. The number of ether oxygens (including phenoxy) is 2. The summed E-state index contributed by atoms with van der Waals surface area (Å²) in [5, 5.41) is 23.1. The van der Waals surface area contributed by atoms with Crippen LogP contribution in [0.4, 0.5) is 17.6 Å². The number of nitrogens with zero attached hydrogens (tertiary/aromatic N) is 5. The summed E-state index contributed by atoms with van der Waals surface area (Å²) in [6.45, 7) is -0.796. The van der Waals surface area contributed by atoms with E-state index >= 15 is 0 Å². The first-order valence-corrected chi connectivity index (χ1v) is 18.5. The molecule has 0 aliphatic carbocycles. The summed E-state index contributed by atoms with van der Waals surface area (Å²) in [7, 11) is -7.63. The van der Waals surface area contributed by atoms with Gasteiger partial charge in [0.05, 0.1) is 0 Å². The topological polar surface area (TPSA) is 274 Å². The second-order valence-electron chi connectivity index (χ2n) is 11.0. The van der Waals surface area contributed by atoms with E-state index in [0.29, 0.717) is 23.0 Å². The number of phosphoric ester groups is 1. The Kier molecular flexibility index (Phi) is 8.29. The normalized spacial score (nSPS) is 36.8. The Balaban J connectivity index is 1.20. The standard InChI is InChI=1S/C23H32N8O12P2S/c1-37-45(46)39-7-12-15(14(33)21(41-12)30-4-2-9-17(24)26-8-27-18(9)30)42-44(35,36)38-6-11-13(32)16(43-45)22(40-11)31-5-3-10-19(31)28-23(25)29-20(10)34/h2,4,8,11-16,21-22,32-33,45-46H,3,5-7H2,1H3,(H,35,36)(H2,24,26,27)(H3,25,28,29,34). The molecule has 0 aromatic carbocycles. The van der Waals surface area contributed by atoms with Gasteiger partial charge in [-0.3, -0.25) is 0 Å². The molecule has 3 fully saturated rings. The predicted molar refractivity (Wildman–Crippen MR) is 163 cm³/mol. The first-order valence-electron chi connectivity index (χ1n) is 14.0. The van der Waals surface area contributed by atoms with Crippen molar-refractivity contribution >= 4 is 55.8 Å². The van der Waals surface area contributed by atoms with Crippen molar-refractivity contribution in [3.63, 3.8) is 0 Å². The summed E-state index contributed by atoms with van der Waals surface area (Å²) in [6, 6.07) is 1.63. The molecular weight excluding hydrogens is 674 g/mol. The third-order valence-corrected chi connectivity index (χ3v) is 12.1. The Labute approximate surface area is 265 Å². The van der Waals surface area contributed by atoms with E-state index in [1.165, 1.54) is 18.0 Å². The summed E-state index contributed by atoms with van der Waals surface area (Å²) in [5.74, 6) is 0.304. The van der Waals surface area contributed by atoms with Crippen LogP contribution in [0.3, 0.4) is 0 Å². The Morgan fingerprint density at radius 2 is 1.93 bits per heavy atom. The molecule has 0 saturated carbocycles. The zero-order valence-corrected chi connectivity index (χ0v) is 26.8. The fourth-order valence-electron chi connectivity index (χ4n) is 6.05. The minimum atomic E-state index is -4.94. The van der Waals surface area contributed by atoms with E-state index < -0.39 is 82.8 Å². The summed E-state index contributed by atoms with van der Waals surface area (Å²) >= 11 is 4.58. The molecule has 9 atom stereocenters. The van der Waals surface area contributed by atoms with E-state index in [0.717, 1.165) is 0 Å². The van der Waals surface area contributed by atoms with Crippen LogP contribution in [0.2, 0.25) is 0 Å². The van der Waals surface area contributed by atoms with E-state index in [4.69, 9.17) is 43.6 Å². The van der Waals surface area contributed by atoms with Crippen molar-refractivity contribution in [3.05, 3.63) is 34.5 Å². The molecule has 0 amide bonds. The zero-order chi connectivity index (χ0) is 32.5. The molecule has 8 N–H and O–H groups in total. The second kappa shape index (κ2) is 11.9. The number of aliphatic hydroxyl groups is 2. The summed E-state index contributed by atoms with van der Waals surface area (Å²) in [6.07, 6.45) is -7.27. The van der Waals surface area contributed by atoms with Crippen molar-refractivity contribution in [1.82, 2.24) is 24.5 Å². The number of rotatable bonds is 3. The molecule has 4 aliphatic rings. The molecule has 7 rings (SSSR count). The monoisotopic (exact) mass is 706 g/mol. The van der Waals surface area contributed by atoms with Crippen LogP contribution in [0.25, 0.3) is 11.0 Å². The third-order valence-electron chi connectivity index (χ3n) is 8.26. The number of nitrogens with one attached hydrogen (secondary N) is 1. The average molecular weight is 707 g/mol. The van der Waals surface area contributed by atoms with Gasteiger partial charge in [0.1, 0.15) is 0 Å². The second-order valence-corrected chi connectivity index (χ2v) is 16.0. The van der Waals surface area contributed by atoms with Crippen molar-refractivity contribution in [2.24, 2.45) is 0 Å². The fraction of sp³-hybridized carbons (Fsp3) is 0.565. The van der Waals surface area contributed by atoms with Crippen LogP contribution in [0.5, 0.6) is 0 Å². The molecule has 3 aromatic heterocycles. The molecule has 3 aromatic rings. The molecule has 0 spiro atoms. The Morgan fingerprint density at radius 1 is 1.15 bits per heavy atom. The van der Waals surface area contributed by atoms with Crippen LogP contribution in [0.15, 0.2) is 23.4 Å². The average Bonchev–Trinajstić information content (AvgIpc) is 3.77. The molecule has 0 radical (unpaired) electrons. The van der Waals surface area contributed by atoms with Crippen molar-refractivity contribution in [2.45, 2.75) is 55.5 Å². The van der Waals surface area contributed by atoms with Gasteiger partial charge in [0.25, 0.3) is 0 Å². The Morgan fingerprint density at radius 3 is 2.72 bits per heavy atom. The van der Waals surface area contributed by atoms with Crippen molar-refractivity contribution < 1.29 is 51.8 Å². The summed E-state index contributed by atoms with van der Waals surface area (Å²) in [5.41, 5.74) is 12.0. The van der Waals surface area contributed by atoms with E-state index in [1.807, 2.05) is 0 Å². The molecule has 7 heterocycles. The molecule has 9 unspecified atom stereocenters. The van der Waals surface area contributed by atoms with E-state index in [9.17, 15) is 24.5 Å². The predicted octanol–water partition coefficient (Wildman–Crippen LogP) is -1.01. The maximum atomic E-state index is 13.2. The van der Waals surface area contributed by atoms with Crippen LogP contribution >= 0.6 is 27.2 Å². The van der Waals surface area contributed by atoms with Gasteiger partial charge in [0.2, 0.25) is 0 Å². The van der Waals surface area contributed by atoms with Gasteiger partial charge >= 0.3 is 265 Å². The summed E-state index contributed by atoms with van der Waals surface area (Å²) in [4.78, 5) is 39.7. The van der Waals surface area contributed by atoms with E-state index in [1.54, 1.807) is 17.2 Å². The number of H-pyrrole nitrogens is 1.